The summed E-state index contributed by atoms with van der Waals surface area (Å²) in [5, 5.41) is 18.9. The van der Waals surface area contributed by atoms with Gasteiger partial charge in [0.2, 0.25) is 11.7 Å². The predicted octanol–water partition coefficient (Wildman–Crippen LogP) is 5.84. The van der Waals surface area contributed by atoms with Crippen molar-refractivity contribution >= 4 is 11.9 Å². The Balaban J connectivity index is 1.43. The number of ether oxygens (including phenoxy) is 1. The highest BCUT2D eigenvalue weighted by Crippen LogP contribution is 2.46. The number of hydrogen-bond acceptors (Lipinski definition) is 7. The molecule has 42 heavy (non-hydrogen) atoms. The summed E-state index contributed by atoms with van der Waals surface area (Å²) in [6.07, 6.45) is 6.90. The number of hydrogen-bond donors (Lipinski definition) is 1. The fourth-order valence-electron chi connectivity index (χ4n) is 7.23. The third-order valence-corrected chi connectivity index (χ3v) is 9.49. The van der Waals surface area contributed by atoms with Gasteiger partial charge in [0.25, 0.3) is 0 Å². The fraction of sp³-hybridized carbons (Fsp3) is 0.545. The SMILES string of the molecule is CCCCC1C(Cc2ccc(-c3ccccc3-c3nn[nH]n3)cc2)C(=O)N2CCCC(C(CC)(CC)C(=O)OCC)N12. The molecule has 0 saturated carbocycles. The van der Waals surface area contributed by atoms with Crippen molar-refractivity contribution < 1.29 is 14.3 Å². The van der Waals surface area contributed by atoms with E-state index in [9.17, 15) is 9.59 Å². The zero-order chi connectivity index (χ0) is 29.7. The van der Waals surface area contributed by atoms with E-state index in [2.05, 4.69) is 76.7 Å². The molecule has 0 aliphatic carbocycles. The lowest BCUT2D eigenvalue weighted by atomic mass is 9.72. The largest absolute Gasteiger partial charge is 0.466 e. The number of nitrogens with zero attached hydrogens (tertiary/aromatic N) is 5. The molecule has 3 atom stereocenters. The molecule has 2 saturated heterocycles. The summed E-state index contributed by atoms with van der Waals surface area (Å²) in [5.74, 6) is 0.479. The maximum atomic E-state index is 14.1. The van der Waals surface area contributed by atoms with E-state index in [1.165, 1.54) is 0 Å². The average molecular weight is 573 g/mol. The van der Waals surface area contributed by atoms with Crippen molar-refractivity contribution in [3.05, 3.63) is 54.1 Å². The monoisotopic (exact) mass is 572 g/mol. The van der Waals surface area contributed by atoms with Crippen molar-refractivity contribution in [1.29, 1.82) is 0 Å². The van der Waals surface area contributed by atoms with Crippen molar-refractivity contribution in [2.45, 2.75) is 91.1 Å². The van der Waals surface area contributed by atoms with Crippen molar-refractivity contribution in [3.8, 4) is 22.5 Å². The normalized spacial score (nSPS) is 21.0. The van der Waals surface area contributed by atoms with Crippen LogP contribution >= 0.6 is 0 Å². The third-order valence-electron chi connectivity index (χ3n) is 9.49. The summed E-state index contributed by atoms with van der Waals surface area (Å²) in [4.78, 5) is 27.5. The lowest BCUT2D eigenvalue weighted by Crippen LogP contribution is -2.61. The zero-order valence-electron chi connectivity index (χ0n) is 25.4. The molecular weight excluding hydrogens is 528 g/mol. The summed E-state index contributed by atoms with van der Waals surface area (Å²) >= 11 is 0. The number of amides is 1. The summed E-state index contributed by atoms with van der Waals surface area (Å²) < 4.78 is 5.65. The minimum absolute atomic E-state index is 0.0416. The number of carbonyl (C=O) groups excluding carboxylic acids is 2. The Morgan fingerprint density at radius 2 is 1.79 bits per heavy atom. The van der Waals surface area contributed by atoms with E-state index >= 15 is 0 Å². The number of carbonyl (C=O) groups is 2. The van der Waals surface area contributed by atoms with Crippen LogP contribution in [0.2, 0.25) is 0 Å². The van der Waals surface area contributed by atoms with Crippen LogP contribution in [0.1, 0.15) is 78.2 Å². The van der Waals surface area contributed by atoms with Crippen molar-refractivity contribution in [1.82, 2.24) is 30.6 Å². The van der Waals surface area contributed by atoms with Crippen LogP contribution in [0.3, 0.4) is 0 Å². The molecule has 3 unspecified atom stereocenters. The molecule has 2 aliphatic rings. The van der Waals surface area contributed by atoms with Crippen molar-refractivity contribution in [2.24, 2.45) is 11.3 Å². The second-order valence-electron chi connectivity index (χ2n) is 11.6. The Morgan fingerprint density at radius 1 is 1.05 bits per heavy atom. The molecular formula is C33H44N6O3. The van der Waals surface area contributed by atoms with E-state index in [1.54, 1.807) is 0 Å². The Labute approximate surface area is 249 Å². The van der Waals surface area contributed by atoms with E-state index in [0.717, 1.165) is 54.4 Å². The minimum atomic E-state index is -0.623. The molecule has 9 heteroatoms. The van der Waals surface area contributed by atoms with Gasteiger partial charge < -0.3 is 4.74 Å². The number of esters is 1. The number of hydrazine groups is 1. The first-order valence-corrected chi connectivity index (χ1v) is 15.7. The van der Waals surface area contributed by atoms with Crippen LogP contribution in [0.4, 0.5) is 0 Å². The van der Waals surface area contributed by atoms with Crippen molar-refractivity contribution in [3.63, 3.8) is 0 Å². The molecule has 3 aromatic rings. The molecule has 1 aromatic heterocycles. The van der Waals surface area contributed by atoms with Crippen LogP contribution in [0.25, 0.3) is 22.5 Å². The molecule has 1 N–H and O–H groups in total. The average Bonchev–Trinajstić information content (AvgIpc) is 3.65. The lowest BCUT2D eigenvalue weighted by molar-refractivity contribution is -0.180. The Kier molecular flexibility index (Phi) is 9.36. The second kappa shape index (κ2) is 13.2. The number of fused-ring (bicyclic) bond motifs is 1. The van der Waals surface area contributed by atoms with Gasteiger partial charge in [-0.15, -0.1) is 10.2 Å². The van der Waals surface area contributed by atoms with Gasteiger partial charge in [-0.1, -0.05) is 82.1 Å². The number of H-pyrrole nitrogens is 1. The van der Waals surface area contributed by atoms with Crippen molar-refractivity contribution in [2.75, 3.05) is 13.2 Å². The van der Waals surface area contributed by atoms with Gasteiger partial charge in [0, 0.05) is 24.2 Å². The first-order chi connectivity index (χ1) is 20.5. The van der Waals surface area contributed by atoms with Gasteiger partial charge in [0.15, 0.2) is 0 Å². The van der Waals surface area contributed by atoms with Gasteiger partial charge in [-0.2, -0.15) is 5.21 Å². The molecule has 0 spiro atoms. The number of tetrazole rings is 1. The van der Waals surface area contributed by atoms with E-state index in [-0.39, 0.29) is 29.9 Å². The van der Waals surface area contributed by atoms with Crippen LogP contribution < -0.4 is 0 Å². The topological polar surface area (TPSA) is 104 Å². The number of benzene rings is 2. The Morgan fingerprint density at radius 3 is 2.43 bits per heavy atom. The number of rotatable bonds is 12. The highest BCUT2D eigenvalue weighted by Gasteiger charge is 2.57. The molecule has 2 aliphatic heterocycles. The first-order valence-electron chi connectivity index (χ1n) is 15.7. The van der Waals surface area contributed by atoms with Gasteiger partial charge in [0.1, 0.15) is 0 Å². The third kappa shape index (κ3) is 5.46. The van der Waals surface area contributed by atoms with Gasteiger partial charge in [-0.25, -0.2) is 5.01 Å². The first kappa shape index (κ1) is 29.9. The maximum Gasteiger partial charge on any atom is 0.313 e. The lowest BCUT2D eigenvalue weighted by Gasteiger charge is -2.50. The Bertz CT molecular complexity index is 1340. The van der Waals surface area contributed by atoms with E-state index in [4.69, 9.17) is 4.74 Å². The van der Waals surface area contributed by atoms with Crippen LogP contribution in [-0.4, -0.2) is 67.8 Å². The molecule has 1 amide bonds. The smallest absolute Gasteiger partial charge is 0.313 e. The molecule has 224 valence electrons. The minimum Gasteiger partial charge on any atom is -0.466 e. The highest BCUT2D eigenvalue weighted by molar-refractivity contribution is 5.83. The standard InChI is InChI=1S/C33H44N6O3/c1-5-9-15-28-27(31(40)38-21-12-16-29(39(28)38)33(6-2,7-3)32(41)42-8-4)22-23-17-19-24(20-18-23)25-13-10-11-14-26(25)30-34-36-37-35-30/h10-11,13-14,17-20,27-29H,5-9,12,15-16,21-22H2,1-4H3,(H,34,35,36,37). The fourth-order valence-corrected chi connectivity index (χ4v) is 7.23. The predicted molar refractivity (Wildman–Crippen MR) is 162 cm³/mol. The van der Waals surface area contributed by atoms with Crippen LogP contribution in [0, 0.1) is 11.3 Å². The molecule has 0 radical (unpaired) electrons. The quantitative estimate of drug-likeness (QED) is 0.272. The summed E-state index contributed by atoms with van der Waals surface area (Å²) in [6.45, 7) is 9.33. The summed E-state index contributed by atoms with van der Waals surface area (Å²) in [6, 6.07) is 16.6. The molecule has 3 heterocycles. The molecule has 5 rings (SSSR count). The van der Waals surface area contributed by atoms with E-state index in [0.29, 0.717) is 38.2 Å². The molecule has 0 bridgehead atoms. The maximum absolute atomic E-state index is 14.1. The number of aromatic nitrogens is 4. The van der Waals surface area contributed by atoms with Gasteiger partial charge >= 0.3 is 5.97 Å². The van der Waals surface area contributed by atoms with Crippen LogP contribution in [-0.2, 0) is 20.7 Å². The second-order valence-corrected chi connectivity index (χ2v) is 11.6. The van der Waals surface area contributed by atoms with E-state index in [1.807, 2.05) is 30.1 Å². The number of aromatic amines is 1. The highest BCUT2D eigenvalue weighted by atomic mass is 16.5. The summed E-state index contributed by atoms with van der Waals surface area (Å²) in [5.41, 5.74) is 3.52. The van der Waals surface area contributed by atoms with Gasteiger partial charge in [-0.05, 0) is 67.4 Å². The number of unbranched alkanes of at least 4 members (excludes halogenated alkanes) is 1. The summed E-state index contributed by atoms with van der Waals surface area (Å²) in [7, 11) is 0. The molecule has 2 fully saturated rings. The molecule has 2 aromatic carbocycles. The van der Waals surface area contributed by atoms with E-state index < -0.39 is 5.41 Å². The van der Waals surface area contributed by atoms with Crippen LogP contribution in [0.5, 0.6) is 0 Å². The van der Waals surface area contributed by atoms with Gasteiger partial charge in [-0.3, -0.25) is 14.6 Å². The Hall–Kier alpha value is -3.59. The zero-order valence-corrected chi connectivity index (χ0v) is 25.4. The number of nitrogens with one attached hydrogen (secondary N) is 1. The van der Waals surface area contributed by atoms with Crippen LogP contribution in [0.15, 0.2) is 48.5 Å². The molecule has 9 nitrogen and oxygen atoms in total. The van der Waals surface area contributed by atoms with Gasteiger partial charge in [0.05, 0.1) is 17.9 Å².